The van der Waals surface area contributed by atoms with Crippen LogP contribution in [0.1, 0.15) is 0 Å². The fourth-order valence-corrected chi connectivity index (χ4v) is 2.01. The Kier molecular flexibility index (Phi) is 2.28. The zero-order valence-electron chi connectivity index (χ0n) is 6.57. The molecule has 2 N–H and O–H groups in total. The van der Waals surface area contributed by atoms with Crippen molar-refractivity contribution < 1.29 is 0 Å². The number of aromatic nitrogens is 2. The Bertz CT molecular complexity index is 427. The average Bonchev–Trinajstić information content (AvgIpc) is 2.53. The predicted octanol–water partition coefficient (Wildman–Crippen LogP) is 2.55. The zero-order valence-corrected chi connectivity index (χ0v) is 8.97. The lowest BCUT2D eigenvalue weighted by Crippen LogP contribution is -1.85. The van der Waals surface area contributed by atoms with Gasteiger partial charge in [-0.05, 0) is 28.1 Å². The van der Waals surface area contributed by atoms with Gasteiger partial charge in [0.25, 0.3) is 0 Å². The molecule has 0 saturated carbocycles. The van der Waals surface area contributed by atoms with Gasteiger partial charge in [-0.2, -0.15) is 0 Å². The summed E-state index contributed by atoms with van der Waals surface area (Å²) in [5.74, 6) is 0. The van der Waals surface area contributed by atoms with E-state index in [9.17, 15) is 0 Å². The summed E-state index contributed by atoms with van der Waals surface area (Å²) in [6, 6.07) is 3.82. The highest BCUT2D eigenvalue weighted by molar-refractivity contribution is 9.10. The van der Waals surface area contributed by atoms with Gasteiger partial charge in [-0.1, -0.05) is 0 Å². The maximum atomic E-state index is 5.54. The summed E-state index contributed by atoms with van der Waals surface area (Å²) in [6.07, 6.45) is 1.73. The van der Waals surface area contributed by atoms with Crippen molar-refractivity contribution >= 4 is 32.4 Å². The second-order valence-corrected chi connectivity index (χ2v) is 4.05. The highest BCUT2D eigenvalue weighted by atomic mass is 79.9. The molecule has 2 heterocycles. The van der Waals surface area contributed by atoms with E-state index in [1.165, 1.54) is 11.3 Å². The van der Waals surface area contributed by atoms with Gasteiger partial charge in [-0.3, -0.25) is 0 Å². The summed E-state index contributed by atoms with van der Waals surface area (Å²) >= 11 is 4.78. The fourth-order valence-electron chi connectivity index (χ4n) is 0.988. The van der Waals surface area contributed by atoms with Crippen molar-refractivity contribution in [2.45, 2.75) is 0 Å². The molecule has 0 spiro atoms. The Hall–Kier alpha value is -0.940. The van der Waals surface area contributed by atoms with Crippen molar-refractivity contribution in [3.8, 4) is 11.3 Å². The number of hydrogen-bond donors (Lipinski definition) is 1. The van der Waals surface area contributed by atoms with Crippen LogP contribution in [-0.2, 0) is 0 Å². The molecule has 0 radical (unpaired) electrons. The van der Waals surface area contributed by atoms with Crippen LogP contribution in [0.5, 0.6) is 0 Å². The van der Waals surface area contributed by atoms with Gasteiger partial charge in [0.05, 0.1) is 5.69 Å². The van der Waals surface area contributed by atoms with Crippen LogP contribution in [0.3, 0.4) is 0 Å². The van der Waals surface area contributed by atoms with Gasteiger partial charge < -0.3 is 5.73 Å². The molecule has 0 fully saturated rings. The Morgan fingerprint density at radius 2 is 2.31 bits per heavy atom. The molecule has 66 valence electrons. The maximum absolute atomic E-state index is 5.54. The molecule has 0 aliphatic rings. The van der Waals surface area contributed by atoms with E-state index in [1.54, 1.807) is 6.20 Å². The van der Waals surface area contributed by atoms with Crippen molar-refractivity contribution in [2.75, 3.05) is 5.73 Å². The molecule has 0 amide bonds. The van der Waals surface area contributed by atoms with Crippen molar-refractivity contribution in [3.63, 3.8) is 0 Å². The monoisotopic (exact) mass is 255 g/mol. The Balaban J connectivity index is 2.52. The van der Waals surface area contributed by atoms with Crippen LogP contribution in [0.2, 0.25) is 0 Å². The summed E-state index contributed by atoms with van der Waals surface area (Å²) in [7, 11) is 0. The van der Waals surface area contributed by atoms with Gasteiger partial charge >= 0.3 is 0 Å². The second-order valence-electron chi connectivity index (χ2n) is 2.41. The van der Waals surface area contributed by atoms with E-state index in [-0.39, 0.29) is 0 Å². The third kappa shape index (κ3) is 1.71. The second kappa shape index (κ2) is 3.43. The summed E-state index contributed by atoms with van der Waals surface area (Å²) in [5, 5.41) is 2.49. The van der Waals surface area contributed by atoms with E-state index < -0.39 is 0 Å². The standard InChI is InChI=1S/C8H6BrN3S/c9-7-5(2-1-3-11-7)6-4-13-8(10)12-6/h1-4H,(H2,10,12). The summed E-state index contributed by atoms with van der Waals surface area (Å²) in [5.41, 5.74) is 7.37. The largest absolute Gasteiger partial charge is 0.375 e. The van der Waals surface area contributed by atoms with Crippen molar-refractivity contribution in [3.05, 3.63) is 28.3 Å². The van der Waals surface area contributed by atoms with Gasteiger partial charge in [0.1, 0.15) is 4.60 Å². The average molecular weight is 256 g/mol. The number of nitrogens with two attached hydrogens (primary N) is 1. The molecule has 0 aliphatic carbocycles. The van der Waals surface area contributed by atoms with E-state index in [1.807, 2.05) is 17.5 Å². The van der Waals surface area contributed by atoms with E-state index in [2.05, 4.69) is 25.9 Å². The maximum Gasteiger partial charge on any atom is 0.180 e. The first-order chi connectivity index (χ1) is 6.27. The predicted molar refractivity (Wildman–Crippen MR) is 57.5 cm³/mol. The highest BCUT2D eigenvalue weighted by Crippen LogP contribution is 2.27. The summed E-state index contributed by atoms with van der Waals surface area (Å²) in [6.45, 7) is 0. The van der Waals surface area contributed by atoms with Gasteiger partial charge in [-0.25, -0.2) is 9.97 Å². The lowest BCUT2D eigenvalue weighted by Gasteiger charge is -1.97. The molecular weight excluding hydrogens is 250 g/mol. The normalized spacial score (nSPS) is 10.2. The van der Waals surface area contributed by atoms with Crippen LogP contribution in [-0.4, -0.2) is 9.97 Å². The topological polar surface area (TPSA) is 51.8 Å². The van der Waals surface area contributed by atoms with E-state index in [0.717, 1.165) is 15.9 Å². The lowest BCUT2D eigenvalue weighted by molar-refractivity contribution is 1.26. The number of hydrogen-bond acceptors (Lipinski definition) is 4. The third-order valence-electron chi connectivity index (χ3n) is 1.56. The number of thiazole rings is 1. The lowest BCUT2D eigenvalue weighted by atomic mass is 10.2. The van der Waals surface area contributed by atoms with Crippen LogP contribution in [0.4, 0.5) is 5.13 Å². The number of nitrogens with zero attached hydrogens (tertiary/aromatic N) is 2. The number of nitrogen functional groups attached to an aromatic ring is 1. The summed E-state index contributed by atoms with van der Waals surface area (Å²) in [4.78, 5) is 8.27. The quantitative estimate of drug-likeness (QED) is 0.797. The third-order valence-corrected chi connectivity index (χ3v) is 2.86. The minimum absolute atomic E-state index is 0.575. The number of rotatable bonds is 1. The van der Waals surface area contributed by atoms with Crippen LogP contribution in [0.15, 0.2) is 28.3 Å². The van der Waals surface area contributed by atoms with Gasteiger partial charge in [0, 0.05) is 17.1 Å². The van der Waals surface area contributed by atoms with Crippen LogP contribution < -0.4 is 5.73 Å². The molecule has 0 aromatic carbocycles. The molecule has 0 atom stereocenters. The first kappa shape index (κ1) is 8.65. The number of anilines is 1. The molecule has 0 saturated heterocycles. The molecule has 2 aromatic heterocycles. The van der Waals surface area contributed by atoms with Crippen molar-refractivity contribution in [1.82, 2.24) is 9.97 Å². The number of pyridine rings is 1. The summed E-state index contributed by atoms with van der Waals surface area (Å²) < 4.78 is 0.792. The van der Waals surface area contributed by atoms with E-state index >= 15 is 0 Å². The molecule has 5 heteroatoms. The first-order valence-electron chi connectivity index (χ1n) is 3.59. The van der Waals surface area contributed by atoms with Gasteiger partial charge in [0.15, 0.2) is 5.13 Å². The molecule has 3 nitrogen and oxygen atoms in total. The fraction of sp³-hybridized carbons (Fsp3) is 0. The number of halogens is 1. The zero-order chi connectivity index (χ0) is 9.26. The van der Waals surface area contributed by atoms with Crippen molar-refractivity contribution in [2.24, 2.45) is 0 Å². The van der Waals surface area contributed by atoms with Crippen molar-refractivity contribution in [1.29, 1.82) is 0 Å². The van der Waals surface area contributed by atoms with Gasteiger partial charge in [-0.15, -0.1) is 11.3 Å². The molecule has 2 rings (SSSR count). The minimum Gasteiger partial charge on any atom is -0.375 e. The van der Waals surface area contributed by atoms with E-state index in [0.29, 0.717) is 5.13 Å². The van der Waals surface area contributed by atoms with Crippen LogP contribution in [0, 0.1) is 0 Å². The van der Waals surface area contributed by atoms with Crippen LogP contribution in [0.25, 0.3) is 11.3 Å². The smallest absolute Gasteiger partial charge is 0.180 e. The molecule has 0 unspecified atom stereocenters. The molecular formula is C8H6BrN3S. The SMILES string of the molecule is Nc1nc(-c2cccnc2Br)cs1. The highest BCUT2D eigenvalue weighted by Gasteiger charge is 2.05. The Labute approximate surface area is 87.8 Å². The first-order valence-corrected chi connectivity index (χ1v) is 5.26. The molecule has 13 heavy (non-hydrogen) atoms. The minimum atomic E-state index is 0.575. The molecule has 0 bridgehead atoms. The van der Waals surface area contributed by atoms with E-state index in [4.69, 9.17) is 5.73 Å². The van der Waals surface area contributed by atoms with Gasteiger partial charge in [0.2, 0.25) is 0 Å². The Morgan fingerprint density at radius 1 is 1.46 bits per heavy atom. The molecule has 0 aliphatic heterocycles. The Morgan fingerprint density at radius 3 is 2.92 bits per heavy atom. The van der Waals surface area contributed by atoms with Crippen LogP contribution >= 0.6 is 27.3 Å². The molecule has 2 aromatic rings.